The normalized spacial score (nSPS) is 25.6. The Morgan fingerprint density at radius 3 is 2.82 bits per heavy atom. The highest BCUT2D eigenvalue weighted by atomic mass is 19.4. The lowest BCUT2D eigenvalue weighted by Gasteiger charge is -2.29. The SMILES string of the molecule is CC1CN(C(C)CNCC(F)(F)F)CCCO1. The fourth-order valence-electron chi connectivity index (χ4n) is 1.98. The molecule has 0 radical (unpaired) electrons. The highest BCUT2D eigenvalue weighted by molar-refractivity contribution is 4.74. The Kier molecular flexibility index (Phi) is 5.69. The van der Waals surface area contributed by atoms with Gasteiger partial charge in [-0.15, -0.1) is 0 Å². The highest BCUT2D eigenvalue weighted by Crippen LogP contribution is 2.13. The second-order valence-corrected chi connectivity index (χ2v) is 4.62. The van der Waals surface area contributed by atoms with Crippen molar-refractivity contribution in [2.45, 2.75) is 38.6 Å². The van der Waals surface area contributed by atoms with E-state index in [4.69, 9.17) is 4.74 Å². The van der Waals surface area contributed by atoms with E-state index in [1.807, 2.05) is 13.8 Å². The van der Waals surface area contributed by atoms with E-state index in [0.29, 0.717) is 6.54 Å². The number of alkyl halides is 3. The van der Waals surface area contributed by atoms with Crippen LogP contribution in [0.15, 0.2) is 0 Å². The third kappa shape index (κ3) is 6.24. The van der Waals surface area contributed by atoms with E-state index in [-0.39, 0.29) is 12.1 Å². The van der Waals surface area contributed by atoms with Crippen LogP contribution in [0.4, 0.5) is 13.2 Å². The van der Waals surface area contributed by atoms with E-state index in [1.165, 1.54) is 0 Å². The molecule has 0 aliphatic carbocycles. The van der Waals surface area contributed by atoms with Gasteiger partial charge in [-0.25, -0.2) is 0 Å². The molecular formula is C11H21F3N2O. The van der Waals surface area contributed by atoms with Gasteiger partial charge in [-0.05, 0) is 20.3 Å². The maximum atomic E-state index is 12.0. The molecule has 1 rings (SSSR count). The molecule has 0 aromatic carbocycles. The van der Waals surface area contributed by atoms with Crippen LogP contribution >= 0.6 is 0 Å². The van der Waals surface area contributed by atoms with Gasteiger partial charge >= 0.3 is 6.18 Å². The van der Waals surface area contributed by atoms with Crippen molar-refractivity contribution in [3.63, 3.8) is 0 Å². The lowest BCUT2D eigenvalue weighted by atomic mass is 10.2. The largest absolute Gasteiger partial charge is 0.401 e. The van der Waals surface area contributed by atoms with Crippen molar-refractivity contribution in [2.24, 2.45) is 0 Å². The molecule has 1 heterocycles. The number of hydrogen-bond donors (Lipinski definition) is 1. The molecule has 3 nitrogen and oxygen atoms in total. The average molecular weight is 254 g/mol. The van der Waals surface area contributed by atoms with Crippen molar-refractivity contribution in [1.82, 2.24) is 10.2 Å². The van der Waals surface area contributed by atoms with Crippen LogP contribution in [0.5, 0.6) is 0 Å². The number of rotatable bonds is 4. The van der Waals surface area contributed by atoms with Gasteiger partial charge in [-0.1, -0.05) is 0 Å². The van der Waals surface area contributed by atoms with Crippen LogP contribution in [0, 0.1) is 0 Å². The summed E-state index contributed by atoms with van der Waals surface area (Å²) in [5.41, 5.74) is 0. The molecule has 1 fully saturated rings. The number of ether oxygens (including phenoxy) is 1. The molecule has 102 valence electrons. The Hall–Kier alpha value is -0.330. The van der Waals surface area contributed by atoms with E-state index in [9.17, 15) is 13.2 Å². The Morgan fingerprint density at radius 1 is 1.47 bits per heavy atom. The fraction of sp³-hybridized carbons (Fsp3) is 1.00. The maximum Gasteiger partial charge on any atom is 0.401 e. The van der Waals surface area contributed by atoms with Gasteiger partial charge in [0.1, 0.15) is 0 Å². The first-order chi connectivity index (χ1) is 7.88. The molecular weight excluding hydrogens is 233 g/mol. The van der Waals surface area contributed by atoms with Gasteiger partial charge in [0, 0.05) is 32.3 Å². The van der Waals surface area contributed by atoms with Gasteiger partial charge < -0.3 is 10.1 Å². The summed E-state index contributed by atoms with van der Waals surface area (Å²) in [5.74, 6) is 0. The molecule has 1 saturated heterocycles. The lowest BCUT2D eigenvalue weighted by molar-refractivity contribution is -0.125. The molecule has 0 aromatic heterocycles. The Labute approximate surface area is 100 Å². The molecule has 0 saturated carbocycles. The molecule has 1 aliphatic heterocycles. The number of nitrogens with zero attached hydrogens (tertiary/aromatic N) is 1. The summed E-state index contributed by atoms with van der Waals surface area (Å²) in [5, 5.41) is 2.45. The zero-order valence-electron chi connectivity index (χ0n) is 10.4. The van der Waals surface area contributed by atoms with Crippen molar-refractivity contribution in [3.05, 3.63) is 0 Å². The van der Waals surface area contributed by atoms with Crippen molar-refractivity contribution >= 4 is 0 Å². The minimum absolute atomic E-state index is 0.0986. The smallest absolute Gasteiger partial charge is 0.377 e. The Morgan fingerprint density at radius 2 is 2.18 bits per heavy atom. The fourth-order valence-corrected chi connectivity index (χ4v) is 1.98. The second kappa shape index (κ2) is 6.56. The topological polar surface area (TPSA) is 24.5 Å². The van der Waals surface area contributed by atoms with Gasteiger partial charge in [0.05, 0.1) is 12.6 Å². The Bertz CT molecular complexity index is 223. The first kappa shape index (κ1) is 14.7. The van der Waals surface area contributed by atoms with Gasteiger partial charge in [-0.2, -0.15) is 13.2 Å². The second-order valence-electron chi connectivity index (χ2n) is 4.62. The number of halogens is 3. The van der Waals surface area contributed by atoms with Crippen LogP contribution in [0.25, 0.3) is 0 Å². The summed E-state index contributed by atoms with van der Waals surface area (Å²) in [6, 6.07) is 0.0986. The molecule has 0 amide bonds. The monoisotopic (exact) mass is 254 g/mol. The minimum Gasteiger partial charge on any atom is -0.377 e. The maximum absolute atomic E-state index is 12.0. The quantitative estimate of drug-likeness (QED) is 0.825. The van der Waals surface area contributed by atoms with Crippen LogP contribution < -0.4 is 5.32 Å². The molecule has 0 aromatic rings. The third-order valence-electron chi connectivity index (χ3n) is 2.87. The van der Waals surface area contributed by atoms with Gasteiger partial charge in [0.2, 0.25) is 0 Å². The molecule has 6 heteroatoms. The van der Waals surface area contributed by atoms with Gasteiger partial charge in [0.15, 0.2) is 0 Å². The van der Waals surface area contributed by atoms with Crippen molar-refractivity contribution in [3.8, 4) is 0 Å². The molecule has 0 spiro atoms. The molecule has 2 atom stereocenters. The third-order valence-corrected chi connectivity index (χ3v) is 2.87. The summed E-state index contributed by atoms with van der Waals surface area (Å²) in [6.45, 7) is 5.79. The lowest BCUT2D eigenvalue weighted by Crippen LogP contribution is -2.44. The first-order valence-corrected chi connectivity index (χ1v) is 6.01. The molecule has 0 bridgehead atoms. The predicted octanol–water partition coefficient (Wildman–Crippen LogP) is 1.64. The van der Waals surface area contributed by atoms with Crippen LogP contribution in [0.2, 0.25) is 0 Å². The van der Waals surface area contributed by atoms with Crippen LogP contribution in [-0.2, 0) is 4.74 Å². The van der Waals surface area contributed by atoms with Crippen LogP contribution in [0.3, 0.4) is 0 Å². The van der Waals surface area contributed by atoms with E-state index in [0.717, 1.165) is 26.1 Å². The highest BCUT2D eigenvalue weighted by Gasteiger charge is 2.27. The van der Waals surface area contributed by atoms with E-state index < -0.39 is 12.7 Å². The van der Waals surface area contributed by atoms with E-state index >= 15 is 0 Å². The Balaban J connectivity index is 2.28. The zero-order valence-corrected chi connectivity index (χ0v) is 10.4. The molecule has 1 aliphatic rings. The summed E-state index contributed by atoms with van der Waals surface area (Å²) in [7, 11) is 0. The zero-order chi connectivity index (χ0) is 12.9. The number of hydrogen-bond acceptors (Lipinski definition) is 3. The predicted molar refractivity (Wildman–Crippen MR) is 60.0 cm³/mol. The van der Waals surface area contributed by atoms with Crippen LogP contribution in [-0.4, -0.2) is 56.0 Å². The van der Waals surface area contributed by atoms with E-state index in [2.05, 4.69) is 10.2 Å². The standard InChI is InChI=1S/C11H21F3N2O/c1-9(6-15-8-11(12,13)14)16-4-3-5-17-10(2)7-16/h9-10,15H,3-8H2,1-2H3. The van der Waals surface area contributed by atoms with Crippen molar-refractivity contribution < 1.29 is 17.9 Å². The molecule has 17 heavy (non-hydrogen) atoms. The number of nitrogens with one attached hydrogen (secondary N) is 1. The molecule has 2 unspecified atom stereocenters. The molecule has 1 N–H and O–H groups in total. The van der Waals surface area contributed by atoms with Crippen LogP contribution in [0.1, 0.15) is 20.3 Å². The summed E-state index contributed by atoms with van der Waals surface area (Å²) >= 11 is 0. The van der Waals surface area contributed by atoms with Crippen molar-refractivity contribution in [2.75, 3.05) is 32.8 Å². The van der Waals surface area contributed by atoms with Crippen molar-refractivity contribution in [1.29, 1.82) is 0 Å². The van der Waals surface area contributed by atoms with E-state index in [1.54, 1.807) is 0 Å². The van der Waals surface area contributed by atoms with Gasteiger partial charge in [-0.3, -0.25) is 4.90 Å². The summed E-state index contributed by atoms with van der Waals surface area (Å²) in [6.07, 6.45) is -3.04. The summed E-state index contributed by atoms with van der Waals surface area (Å²) in [4.78, 5) is 2.18. The van der Waals surface area contributed by atoms with Gasteiger partial charge in [0.25, 0.3) is 0 Å². The summed E-state index contributed by atoms with van der Waals surface area (Å²) < 4.78 is 41.4. The first-order valence-electron chi connectivity index (χ1n) is 6.01. The average Bonchev–Trinajstić information content (AvgIpc) is 2.40. The minimum atomic E-state index is -4.13.